The number of hydrogen-bond donors (Lipinski definition) is 0. The average Bonchev–Trinajstić information content (AvgIpc) is 3.25. The van der Waals surface area contributed by atoms with E-state index < -0.39 is 23.0 Å². The molecule has 17 heteroatoms. The van der Waals surface area contributed by atoms with Crippen molar-refractivity contribution in [2.24, 2.45) is 13.5 Å². The van der Waals surface area contributed by atoms with Gasteiger partial charge >= 0.3 is 23.0 Å². The molecule has 0 saturated heterocycles. The highest BCUT2D eigenvalue weighted by Gasteiger charge is 2.49. The van der Waals surface area contributed by atoms with Gasteiger partial charge in [-0.25, -0.2) is 0 Å². The minimum atomic E-state index is -4.12. The zero-order valence-electron chi connectivity index (χ0n) is 32.1. The molecule has 300 valence electrons. The van der Waals surface area contributed by atoms with Crippen molar-refractivity contribution in [3.63, 3.8) is 0 Å². The van der Waals surface area contributed by atoms with Gasteiger partial charge in [-0.05, 0) is 133 Å². The van der Waals surface area contributed by atoms with Gasteiger partial charge in [0.15, 0.2) is 0 Å². The highest BCUT2D eigenvalue weighted by atomic mass is 31.3. The van der Waals surface area contributed by atoms with Gasteiger partial charge in [-0.15, -0.1) is 0 Å². The van der Waals surface area contributed by atoms with Gasteiger partial charge < -0.3 is 50.8 Å². The fraction of sp³-hybridized carbons (Fsp3) is 0.122. The molecule has 14 nitrogen and oxygen atoms in total. The summed E-state index contributed by atoms with van der Waals surface area (Å²) < 4.78 is 84.0. The summed E-state index contributed by atoms with van der Waals surface area (Å²) in [5.41, 5.74) is 0. The van der Waals surface area contributed by atoms with E-state index in [0.717, 1.165) is 0 Å². The fourth-order valence-electron chi connectivity index (χ4n) is 5.25. The summed E-state index contributed by atoms with van der Waals surface area (Å²) in [6.07, 6.45) is 0. The van der Waals surface area contributed by atoms with Crippen molar-refractivity contribution in [2.45, 2.75) is 0 Å². The van der Waals surface area contributed by atoms with E-state index >= 15 is 0 Å². The van der Waals surface area contributed by atoms with Crippen LogP contribution in [0.3, 0.4) is 0 Å². The predicted molar refractivity (Wildman–Crippen MR) is 223 cm³/mol. The maximum absolute atomic E-state index is 6.86. The van der Waals surface area contributed by atoms with Crippen LogP contribution in [0, 0.1) is 0 Å². The lowest BCUT2D eigenvalue weighted by Gasteiger charge is -2.33. The van der Waals surface area contributed by atoms with E-state index in [1.807, 2.05) is 18.2 Å². The first-order chi connectivity index (χ1) is 28.3. The maximum Gasteiger partial charge on any atom is 0.460 e. The first-order valence-corrected chi connectivity index (χ1v) is 22.2. The maximum atomic E-state index is 6.86. The van der Waals surface area contributed by atoms with Crippen molar-refractivity contribution in [3.05, 3.63) is 152 Å². The van der Waals surface area contributed by atoms with Crippen molar-refractivity contribution < 1.29 is 50.8 Å². The van der Waals surface area contributed by atoms with Crippen LogP contribution in [0.2, 0.25) is 0 Å². The van der Waals surface area contributed by atoms with E-state index in [-0.39, 0.29) is 0 Å². The Morgan fingerprint density at radius 2 is 0.414 bits per heavy atom. The third-order valence-corrected chi connectivity index (χ3v) is 16.2. The summed E-state index contributed by atoms with van der Waals surface area (Å²) >= 11 is 0. The molecular formula is C41H40N3O11P3. The van der Waals surface area contributed by atoms with E-state index in [9.17, 15) is 0 Å². The smallest absolute Gasteiger partial charge is 0.460 e. The second kappa shape index (κ2) is 17.9. The van der Waals surface area contributed by atoms with E-state index in [0.29, 0.717) is 63.2 Å². The molecule has 0 N–H and O–H groups in total. The van der Waals surface area contributed by atoms with Gasteiger partial charge in [0.2, 0.25) is 0 Å². The van der Waals surface area contributed by atoms with Crippen molar-refractivity contribution in [2.75, 3.05) is 35.5 Å². The Morgan fingerprint density at radius 3 is 0.603 bits per heavy atom. The summed E-state index contributed by atoms with van der Waals surface area (Å²) in [5.74, 6) is 5.12. The third-order valence-electron chi connectivity index (χ3n) is 8.06. The number of rotatable bonds is 17. The summed E-state index contributed by atoms with van der Waals surface area (Å²) in [7, 11) is -4.45. The number of benzene rings is 6. The molecule has 0 spiro atoms. The van der Waals surface area contributed by atoms with E-state index in [1.165, 1.54) is 0 Å². The number of para-hydroxylation sites is 1. The van der Waals surface area contributed by atoms with Gasteiger partial charge in [-0.1, -0.05) is 31.7 Å². The van der Waals surface area contributed by atoms with E-state index in [4.69, 9.17) is 64.4 Å². The molecule has 6 aromatic carbocycles. The molecule has 6 aromatic rings. The zero-order valence-corrected chi connectivity index (χ0v) is 34.8. The second-order valence-corrected chi connectivity index (χ2v) is 18.2. The van der Waals surface area contributed by atoms with Gasteiger partial charge in [0.25, 0.3) is 0 Å². The molecule has 0 bridgehead atoms. The largest absolute Gasteiger partial charge is 0.497 e. The van der Waals surface area contributed by atoms with Crippen LogP contribution in [-0.4, -0.2) is 35.5 Å². The summed E-state index contributed by atoms with van der Waals surface area (Å²) in [6.45, 7) is 0. The van der Waals surface area contributed by atoms with Crippen molar-refractivity contribution in [1.29, 1.82) is 0 Å². The quantitative estimate of drug-likeness (QED) is 0.0811. The molecule has 58 heavy (non-hydrogen) atoms. The molecule has 0 saturated carbocycles. The molecule has 0 aromatic heterocycles. The number of hydrogen-bond acceptors (Lipinski definition) is 14. The van der Waals surface area contributed by atoms with Crippen LogP contribution in [0.4, 0.5) is 0 Å². The molecule has 1 atom stereocenters. The van der Waals surface area contributed by atoms with Gasteiger partial charge in [0.1, 0.15) is 63.2 Å². The lowest BCUT2D eigenvalue weighted by atomic mass is 10.3. The molecular weight excluding hydrogens is 803 g/mol. The lowest BCUT2D eigenvalue weighted by molar-refractivity contribution is 0.410. The first-order valence-electron chi connectivity index (χ1n) is 17.6. The Balaban J connectivity index is 1.55. The molecule has 1 heterocycles. The van der Waals surface area contributed by atoms with Gasteiger partial charge in [-0.2, -0.15) is 0 Å². The highest BCUT2D eigenvalue weighted by molar-refractivity contribution is 7.79. The Labute approximate surface area is 336 Å². The topological polar surface area (TPSA) is 139 Å². The van der Waals surface area contributed by atoms with Crippen LogP contribution in [0.15, 0.2) is 165 Å². The van der Waals surface area contributed by atoms with Crippen LogP contribution in [0.1, 0.15) is 0 Å². The standard InChI is InChI=1S/C41H40N3O11P3/c1-45-31-11-21-37(22-12-31)51-56(50-36-9-7-6-8-10-36)42-57(52-38-23-13-32(46-2)14-24-38,53-39-25-15-33(47-3)16-26-39)44-58(43-56,54-40-27-17-34(48-4)18-28-40)55-41-29-19-35(49-5)20-30-41/h6-30H,1-5H3. The van der Waals surface area contributed by atoms with Gasteiger partial charge in [0, 0.05) is 0 Å². The molecule has 0 fully saturated rings. The van der Waals surface area contributed by atoms with Crippen LogP contribution in [0.5, 0.6) is 63.2 Å². The van der Waals surface area contributed by atoms with Crippen LogP contribution < -0.4 is 50.8 Å². The Hall–Kier alpha value is -6.19. The zero-order chi connectivity index (χ0) is 40.4. The SMILES string of the molecule is COc1ccc(OP2(Oc3ccccc3)=NP(Oc3ccc(OC)cc3)(Oc3ccc(OC)cc3)=NP(Oc3ccc(OC)cc3)(Oc3ccc(OC)cc3)=N2)cc1. The first kappa shape index (κ1) is 40.0. The monoisotopic (exact) mass is 843 g/mol. The Bertz CT molecular complexity index is 2240. The Kier molecular flexibility index (Phi) is 12.4. The van der Waals surface area contributed by atoms with Crippen LogP contribution >= 0.6 is 23.0 Å². The van der Waals surface area contributed by atoms with Crippen LogP contribution in [-0.2, 0) is 0 Å². The average molecular weight is 844 g/mol. The van der Waals surface area contributed by atoms with Gasteiger partial charge in [0.05, 0.1) is 35.5 Å². The number of ether oxygens (including phenoxy) is 5. The molecule has 1 aliphatic rings. The molecule has 7 rings (SSSR count). The van der Waals surface area contributed by atoms with Crippen LogP contribution in [0.25, 0.3) is 0 Å². The normalized spacial score (nSPS) is 16.1. The van der Waals surface area contributed by atoms with Crippen molar-refractivity contribution >= 4 is 23.0 Å². The minimum Gasteiger partial charge on any atom is -0.497 e. The molecule has 1 aliphatic heterocycles. The van der Waals surface area contributed by atoms with E-state index in [2.05, 4.69) is 0 Å². The minimum absolute atomic E-state index is 0.339. The number of methoxy groups -OCH3 is 5. The Morgan fingerprint density at radius 1 is 0.241 bits per heavy atom. The number of nitrogens with zero attached hydrogens (tertiary/aromatic N) is 3. The summed E-state index contributed by atoms with van der Waals surface area (Å²) in [6, 6.07) is 43.6. The molecule has 0 amide bonds. The third kappa shape index (κ3) is 9.84. The molecule has 0 radical (unpaired) electrons. The summed E-state index contributed by atoms with van der Waals surface area (Å²) in [5, 5.41) is 0. The summed E-state index contributed by atoms with van der Waals surface area (Å²) in [4.78, 5) is 0. The van der Waals surface area contributed by atoms with Gasteiger partial charge in [-0.3, -0.25) is 0 Å². The highest BCUT2D eigenvalue weighted by Crippen LogP contribution is 2.78. The second-order valence-electron chi connectivity index (χ2n) is 12.0. The van der Waals surface area contributed by atoms with Crippen molar-refractivity contribution in [1.82, 2.24) is 0 Å². The molecule has 0 aliphatic carbocycles. The molecule has 1 unspecified atom stereocenters. The van der Waals surface area contributed by atoms with Crippen molar-refractivity contribution in [3.8, 4) is 63.2 Å². The van der Waals surface area contributed by atoms with E-state index in [1.54, 1.807) is 169 Å². The lowest BCUT2D eigenvalue weighted by Crippen LogP contribution is -2.11. The predicted octanol–water partition coefficient (Wildman–Crippen LogP) is 12.4. The fourth-order valence-corrected chi connectivity index (χ4v) is 14.3.